The predicted octanol–water partition coefficient (Wildman–Crippen LogP) is 5.49. The van der Waals surface area contributed by atoms with Crippen LogP contribution >= 0.6 is 0 Å². The highest BCUT2D eigenvalue weighted by molar-refractivity contribution is 6.01. The minimum absolute atomic E-state index is 0.102. The molecule has 1 fully saturated rings. The van der Waals surface area contributed by atoms with Crippen molar-refractivity contribution in [2.75, 3.05) is 5.32 Å². The number of ether oxygens (including phenoxy) is 1. The minimum Gasteiger partial charge on any atom is -0.490 e. The Bertz CT molecular complexity index is 945. The number of halogens is 1. The number of carbonyl (C=O) groups excluding carboxylic acids is 1. The van der Waals surface area contributed by atoms with Crippen molar-refractivity contribution in [3.63, 3.8) is 0 Å². The second-order valence-corrected chi connectivity index (χ2v) is 7.17. The Balaban J connectivity index is 1.28. The molecule has 3 aromatic carbocycles. The molecular formula is C23H23FN2O2. The molecule has 1 aliphatic carbocycles. The summed E-state index contributed by atoms with van der Waals surface area (Å²) < 4.78 is 18.9. The van der Waals surface area contributed by atoms with Crippen LogP contribution in [0.4, 0.5) is 14.9 Å². The second-order valence-electron chi connectivity index (χ2n) is 7.17. The van der Waals surface area contributed by atoms with Gasteiger partial charge in [-0.25, -0.2) is 9.18 Å². The fraction of sp³-hybridized carbons (Fsp3) is 0.261. The highest BCUT2D eigenvalue weighted by Gasteiger charge is 2.23. The van der Waals surface area contributed by atoms with Crippen molar-refractivity contribution >= 4 is 22.5 Å². The number of amides is 2. The fourth-order valence-corrected chi connectivity index (χ4v) is 3.71. The molecule has 144 valence electrons. The molecule has 0 bridgehead atoms. The first-order valence-electron chi connectivity index (χ1n) is 9.65. The van der Waals surface area contributed by atoms with Crippen molar-refractivity contribution in [1.29, 1.82) is 0 Å². The number of urea groups is 1. The molecule has 4 rings (SSSR count). The van der Waals surface area contributed by atoms with Crippen LogP contribution in [0.15, 0.2) is 66.7 Å². The zero-order valence-corrected chi connectivity index (χ0v) is 15.5. The Morgan fingerprint density at radius 2 is 1.61 bits per heavy atom. The van der Waals surface area contributed by atoms with E-state index < -0.39 is 0 Å². The van der Waals surface area contributed by atoms with Gasteiger partial charge in [0.05, 0.1) is 11.8 Å². The van der Waals surface area contributed by atoms with Gasteiger partial charge < -0.3 is 15.4 Å². The Hall–Kier alpha value is -3.08. The maximum atomic E-state index is 13.0. The maximum absolute atomic E-state index is 13.0. The number of rotatable bonds is 4. The van der Waals surface area contributed by atoms with E-state index in [1.807, 2.05) is 42.5 Å². The van der Waals surface area contributed by atoms with Crippen LogP contribution in [-0.4, -0.2) is 18.2 Å². The van der Waals surface area contributed by atoms with Crippen LogP contribution in [0.2, 0.25) is 0 Å². The summed E-state index contributed by atoms with van der Waals surface area (Å²) in [6.45, 7) is 0. The van der Waals surface area contributed by atoms with Crippen molar-refractivity contribution < 1.29 is 13.9 Å². The van der Waals surface area contributed by atoms with Crippen LogP contribution < -0.4 is 15.4 Å². The average molecular weight is 378 g/mol. The lowest BCUT2D eigenvalue weighted by Crippen LogP contribution is -2.41. The first-order chi connectivity index (χ1) is 13.7. The topological polar surface area (TPSA) is 50.4 Å². The summed E-state index contributed by atoms with van der Waals surface area (Å²) in [4.78, 5) is 12.4. The van der Waals surface area contributed by atoms with Crippen LogP contribution in [0.1, 0.15) is 25.7 Å². The van der Waals surface area contributed by atoms with Gasteiger partial charge in [-0.15, -0.1) is 0 Å². The van der Waals surface area contributed by atoms with Gasteiger partial charge in [-0.3, -0.25) is 0 Å². The SMILES string of the molecule is O=C(Nc1cccc2ccccc12)N[C@H]1CC[C@@H](Oc2ccc(F)cc2)CC1. The summed E-state index contributed by atoms with van der Waals surface area (Å²) in [6, 6.07) is 19.9. The van der Waals surface area contributed by atoms with Gasteiger partial charge in [-0.05, 0) is 61.4 Å². The first kappa shape index (κ1) is 18.3. The van der Waals surface area contributed by atoms with Gasteiger partial charge >= 0.3 is 6.03 Å². The Kier molecular flexibility index (Phi) is 5.42. The largest absolute Gasteiger partial charge is 0.490 e. The molecule has 0 aliphatic heterocycles. The molecule has 0 heterocycles. The van der Waals surface area contributed by atoms with E-state index in [2.05, 4.69) is 10.6 Å². The number of hydrogen-bond donors (Lipinski definition) is 2. The highest BCUT2D eigenvalue weighted by Crippen LogP contribution is 2.25. The Morgan fingerprint density at radius 1 is 0.893 bits per heavy atom. The maximum Gasteiger partial charge on any atom is 0.319 e. The van der Waals surface area contributed by atoms with Gasteiger partial charge in [0.1, 0.15) is 11.6 Å². The van der Waals surface area contributed by atoms with Crippen LogP contribution in [0.25, 0.3) is 10.8 Å². The second kappa shape index (κ2) is 8.30. The number of hydrogen-bond acceptors (Lipinski definition) is 2. The zero-order valence-electron chi connectivity index (χ0n) is 15.5. The first-order valence-corrected chi connectivity index (χ1v) is 9.65. The Morgan fingerprint density at radius 3 is 2.39 bits per heavy atom. The molecule has 0 aromatic heterocycles. The van der Waals surface area contributed by atoms with E-state index in [4.69, 9.17) is 4.74 Å². The van der Waals surface area contributed by atoms with Crippen LogP contribution in [0.3, 0.4) is 0 Å². The van der Waals surface area contributed by atoms with Crippen molar-refractivity contribution in [2.24, 2.45) is 0 Å². The zero-order chi connectivity index (χ0) is 19.3. The van der Waals surface area contributed by atoms with E-state index in [-0.39, 0.29) is 24.0 Å². The van der Waals surface area contributed by atoms with Crippen molar-refractivity contribution in [2.45, 2.75) is 37.8 Å². The lowest BCUT2D eigenvalue weighted by Gasteiger charge is -2.29. The number of carbonyl (C=O) groups is 1. The molecule has 0 saturated heterocycles. The molecule has 1 saturated carbocycles. The third-order valence-electron chi connectivity index (χ3n) is 5.16. The number of nitrogens with one attached hydrogen (secondary N) is 2. The third kappa shape index (κ3) is 4.42. The van der Waals surface area contributed by atoms with Crippen molar-refractivity contribution in [3.05, 3.63) is 72.5 Å². The van der Waals surface area contributed by atoms with E-state index >= 15 is 0 Å². The lowest BCUT2D eigenvalue weighted by atomic mass is 9.93. The van der Waals surface area contributed by atoms with Crippen molar-refractivity contribution in [1.82, 2.24) is 5.32 Å². The van der Waals surface area contributed by atoms with E-state index in [1.165, 1.54) is 12.1 Å². The van der Waals surface area contributed by atoms with Gasteiger partial charge in [-0.2, -0.15) is 0 Å². The highest BCUT2D eigenvalue weighted by atomic mass is 19.1. The summed E-state index contributed by atoms with van der Waals surface area (Å²) in [7, 11) is 0. The summed E-state index contributed by atoms with van der Waals surface area (Å²) in [5.41, 5.74) is 0.809. The third-order valence-corrected chi connectivity index (χ3v) is 5.16. The van der Waals surface area contributed by atoms with Gasteiger partial charge in [0.25, 0.3) is 0 Å². The van der Waals surface area contributed by atoms with E-state index in [0.29, 0.717) is 5.75 Å². The number of benzene rings is 3. The number of anilines is 1. The van der Waals surface area contributed by atoms with Gasteiger partial charge in [0, 0.05) is 11.4 Å². The summed E-state index contributed by atoms with van der Waals surface area (Å²) in [5, 5.41) is 8.16. The Labute approximate surface area is 163 Å². The molecule has 0 radical (unpaired) electrons. The van der Waals surface area contributed by atoms with Crippen LogP contribution in [0.5, 0.6) is 5.75 Å². The molecule has 0 unspecified atom stereocenters. The predicted molar refractivity (Wildman–Crippen MR) is 109 cm³/mol. The van der Waals surface area contributed by atoms with E-state index in [9.17, 15) is 9.18 Å². The molecule has 2 N–H and O–H groups in total. The molecule has 28 heavy (non-hydrogen) atoms. The normalized spacial score (nSPS) is 19.2. The standard InChI is InChI=1S/C23H23FN2O2/c24-17-8-12-19(13-9-17)28-20-14-10-18(11-15-20)25-23(27)26-22-7-3-5-16-4-1-2-6-21(16)22/h1-9,12-13,18,20H,10-11,14-15H2,(H2,25,26,27)/t18-,20+. The smallest absolute Gasteiger partial charge is 0.319 e. The molecule has 0 atom stereocenters. The molecule has 1 aliphatic rings. The van der Waals surface area contributed by atoms with Gasteiger partial charge in [-0.1, -0.05) is 36.4 Å². The van der Waals surface area contributed by atoms with Crippen LogP contribution in [0, 0.1) is 5.82 Å². The molecule has 4 nitrogen and oxygen atoms in total. The lowest BCUT2D eigenvalue weighted by molar-refractivity contribution is 0.141. The quantitative estimate of drug-likeness (QED) is 0.631. The van der Waals surface area contributed by atoms with Gasteiger partial charge in [0.2, 0.25) is 0 Å². The molecule has 2 amide bonds. The molecular weight excluding hydrogens is 355 g/mol. The average Bonchev–Trinajstić information content (AvgIpc) is 2.71. The van der Waals surface area contributed by atoms with Gasteiger partial charge in [0.15, 0.2) is 0 Å². The summed E-state index contributed by atoms with van der Waals surface area (Å²) in [5.74, 6) is 0.420. The van der Waals surface area contributed by atoms with E-state index in [0.717, 1.165) is 42.1 Å². The minimum atomic E-state index is -0.266. The summed E-state index contributed by atoms with van der Waals surface area (Å²) in [6.07, 6.45) is 3.53. The summed E-state index contributed by atoms with van der Waals surface area (Å²) >= 11 is 0. The van der Waals surface area contributed by atoms with E-state index in [1.54, 1.807) is 12.1 Å². The molecule has 0 spiro atoms. The molecule has 3 aromatic rings. The van der Waals surface area contributed by atoms with Crippen molar-refractivity contribution in [3.8, 4) is 5.75 Å². The fourth-order valence-electron chi connectivity index (χ4n) is 3.71. The van der Waals surface area contributed by atoms with Crippen LogP contribution in [-0.2, 0) is 0 Å². The monoisotopic (exact) mass is 378 g/mol. The number of fused-ring (bicyclic) bond motifs is 1. The molecule has 5 heteroatoms.